The highest BCUT2D eigenvalue weighted by atomic mass is 35.5. The van der Waals surface area contributed by atoms with Crippen LogP contribution in [0.15, 0.2) is 36.4 Å². The molecule has 1 aliphatic heterocycles. The van der Waals surface area contributed by atoms with Crippen molar-refractivity contribution >= 4 is 44.9 Å². The van der Waals surface area contributed by atoms with Gasteiger partial charge in [0, 0.05) is 35.0 Å². The molecule has 12 heteroatoms. The van der Waals surface area contributed by atoms with E-state index in [1.54, 1.807) is 18.2 Å². The molecule has 3 fully saturated rings. The summed E-state index contributed by atoms with van der Waals surface area (Å²) in [6, 6.07) is 8.24. The van der Waals surface area contributed by atoms with E-state index in [1.807, 2.05) is 0 Å². The van der Waals surface area contributed by atoms with Crippen LogP contribution in [0, 0.1) is 11.2 Å². The van der Waals surface area contributed by atoms with Crippen molar-refractivity contribution < 1.29 is 31.9 Å². The maximum absolute atomic E-state index is 13.5. The van der Waals surface area contributed by atoms with E-state index in [-0.39, 0.29) is 52.9 Å². The first kappa shape index (κ1) is 26.2. The van der Waals surface area contributed by atoms with Gasteiger partial charge in [0.1, 0.15) is 17.3 Å². The molecule has 2 N–H and O–H groups in total. The first-order valence-corrected chi connectivity index (χ1v) is 14.3. The molecule has 2 bridgehead atoms. The fraction of sp³-hybridized carbons (Fsp3) is 0.440. The first-order chi connectivity index (χ1) is 17.3. The molecule has 0 unspecified atom stereocenters. The molecular formula is C25H25Cl2FN2O6S. The summed E-state index contributed by atoms with van der Waals surface area (Å²) >= 11 is 11.7. The quantitative estimate of drug-likeness (QED) is 0.472. The van der Waals surface area contributed by atoms with E-state index in [4.69, 9.17) is 32.7 Å². The van der Waals surface area contributed by atoms with E-state index in [9.17, 15) is 22.4 Å². The van der Waals surface area contributed by atoms with Crippen LogP contribution < -0.4 is 19.5 Å². The average molecular weight is 571 g/mol. The van der Waals surface area contributed by atoms with Gasteiger partial charge in [0.05, 0.1) is 17.3 Å². The molecule has 0 saturated heterocycles. The molecule has 0 aromatic heterocycles. The van der Waals surface area contributed by atoms with Gasteiger partial charge in [0.2, 0.25) is 10.0 Å². The summed E-state index contributed by atoms with van der Waals surface area (Å²) in [4.78, 5) is 25.5. The minimum atomic E-state index is -3.53. The van der Waals surface area contributed by atoms with Crippen LogP contribution in [0.3, 0.4) is 0 Å². The second-order valence-corrected chi connectivity index (χ2v) is 13.0. The summed E-state index contributed by atoms with van der Waals surface area (Å²) in [5, 5.41) is 3.38. The minimum absolute atomic E-state index is 0.0278. The maximum atomic E-state index is 13.5. The third kappa shape index (κ3) is 5.57. The Morgan fingerprint density at radius 1 is 1.16 bits per heavy atom. The average Bonchev–Trinajstić information content (AvgIpc) is 2.76. The Morgan fingerprint density at radius 3 is 2.57 bits per heavy atom. The number of ether oxygens (including phenoxy) is 2. The van der Waals surface area contributed by atoms with Gasteiger partial charge in [-0.1, -0.05) is 23.2 Å². The molecule has 2 aromatic rings. The van der Waals surface area contributed by atoms with Crippen LogP contribution in [0.25, 0.3) is 0 Å². The van der Waals surface area contributed by atoms with E-state index in [1.165, 1.54) is 12.1 Å². The summed E-state index contributed by atoms with van der Waals surface area (Å²) in [5.41, 5.74) is 0.0366. The number of fused-ring (bicyclic) bond motifs is 1. The van der Waals surface area contributed by atoms with Gasteiger partial charge in [-0.05, 0) is 55.0 Å². The lowest BCUT2D eigenvalue weighted by Gasteiger charge is -2.70. The summed E-state index contributed by atoms with van der Waals surface area (Å²) in [6.07, 6.45) is 2.72. The zero-order valence-electron chi connectivity index (χ0n) is 19.9. The van der Waals surface area contributed by atoms with Gasteiger partial charge in [-0.3, -0.25) is 9.59 Å². The molecular weight excluding hydrogens is 546 g/mol. The topological polar surface area (TPSA) is 111 Å². The van der Waals surface area contributed by atoms with Gasteiger partial charge < -0.3 is 14.8 Å². The van der Waals surface area contributed by atoms with E-state index in [0.29, 0.717) is 35.6 Å². The van der Waals surface area contributed by atoms with E-state index >= 15 is 0 Å². The zero-order valence-corrected chi connectivity index (χ0v) is 22.2. The lowest BCUT2D eigenvalue weighted by atomic mass is 9.38. The highest BCUT2D eigenvalue weighted by Crippen LogP contribution is 2.69. The third-order valence-corrected chi connectivity index (χ3v) is 8.39. The molecule has 1 heterocycles. The molecule has 0 spiro atoms. The van der Waals surface area contributed by atoms with Crippen molar-refractivity contribution in [3.8, 4) is 11.5 Å². The molecule has 4 aliphatic rings. The molecule has 1 amide bonds. The standard InChI is InChI=1S/C25H25Cl2FN2O6S/c1-37(33,34)30-19-8-22(36-21-5-2-14(26)6-16(19)21)20(31)9-24-11-25(12-24,13-24)29-23(32)10-35-15-3-4-17(27)18(28)7-15/h2-7,19,22,30H,8-13H2,1H3,(H,29,32)/t19-,22+,24?,25?/m1/s1. The number of carbonyl (C=O) groups is 2. The van der Waals surface area contributed by atoms with Crippen molar-refractivity contribution in [2.45, 2.75) is 49.8 Å². The Kier molecular flexibility index (Phi) is 6.67. The van der Waals surface area contributed by atoms with Crippen molar-refractivity contribution in [1.82, 2.24) is 10.0 Å². The fourth-order valence-corrected chi connectivity index (χ4v) is 6.90. The van der Waals surface area contributed by atoms with Gasteiger partial charge in [-0.15, -0.1) is 0 Å². The number of ketones is 1. The molecule has 3 aliphatic carbocycles. The maximum Gasteiger partial charge on any atom is 0.258 e. The van der Waals surface area contributed by atoms with E-state index in [0.717, 1.165) is 12.3 Å². The smallest absolute Gasteiger partial charge is 0.258 e. The van der Waals surface area contributed by atoms with Gasteiger partial charge in [0.25, 0.3) is 5.91 Å². The molecule has 2 atom stereocenters. The predicted octanol–water partition coefficient (Wildman–Crippen LogP) is 3.95. The highest BCUT2D eigenvalue weighted by molar-refractivity contribution is 7.88. The second kappa shape index (κ2) is 9.41. The van der Waals surface area contributed by atoms with E-state index < -0.39 is 28.0 Å². The number of Topliss-reactive ketones (excluding diaryl/α,β-unsaturated/α-hetero) is 1. The molecule has 8 nitrogen and oxygen atoms in total. The number of hydrogen-bond acceptors (Lipinski definition) is 6. The van der Waals surface area contributed by atoms with Crippen molar-refractivity contribution in [3.05, 3.63) is 57.8 Å². The molecule has 37 heavy (non-hydrogen) atoms. The van der Waals surface area contributed by atoms with Crippen LogP contribution in [0.5, 0.6) is 11.5 Å². The van der Waals surface area contributed by atoms with Crippen LogP contribution in [-0.2, 0) is 19.6 Å². The highest BCUT2D eigenvalue weighted by Gasteiger charge is 2.68. The Morgan fingerprint density at radius 2 is 1.89 bits per heavy atom. The van der Waals surface area contributed by atoms with Gasteiger partial charge in [-0.2, -0.15) is 0 Å². The third-order valence-electron chi connectivity index (χ3n) is 7.14. The number of rotatable bonds is 9. The molecule has 6 rings (SSSR count). The monoisotopic (exact) mass is 570 g/mol. The van der Waals surface area contributed by atoms with Crippen LogP contribution in [0.2, 0.25) is 10.0 Å². The largest absolute Gasteiger partial charge is 0.484 e. The van der Waals surface area contributed by atoms with Crippen LogP contribution in [0.4, 0.5) is 4.39 Å². The number of sulfonamides is 1. The second-order valence-electron chi connectivity index (χ2n) is 10.3. The van der Waals surface area contributed by atoms with E-state index in [2.05, 4.69) is 10.0 Å². The summed E-state index contributed by atoms with van der Waals surface area (Å²) in [5.74, 6) is -0.420. The summed E-state index contributed by atoms with van der Waals surface area (Å²) in [6.45, 7) is -0.261. The number of amides is 1. The molecule has 3 saturated carbocycles. The Bertz CT molecular complexity index is 1370. The van der Waals surface area contributed by atoms with Crippen LogP contribution >= 0.6 is 23.2 Å². The number of hydrogen-bond donors (Lipinski definition) is 2. The normalized spacial score (nSPS) is 27.7. The predicted molar refractivity (Wildman–Crippen MR) is 135 cm³/mol. The fourth-order valence-electron chi connectivity index (χ4n) is 5.86. The van der Waals surface area contributed by atoms with Crippen molar-refractivity contribution in [1.29, 1.82) is 0 Å². The zero-order chi connectivity index (χ0) is 26.6. The van der Waals surface area contributed by atoms with Crippen LogP contribution in [0.1, 0.15) is 43.7 Å². The molecule has 0 radical (unpaired) electrons. The number of carbonyl (C=O) groups excluding carboxylic acids is 2. The molecule has 198 valence electrons. The Labute approximate surface area is 223 Å². The molecule has 2 aromatic carbocycles. The number of halogens is 3. The van der Waals surface area contributed by atoms with Crippen molar-refractivity contribution in [2.75, 3.05) is 12.9 Å². The van der Waals surface area contributed by atoms with Crippen LogP contribution in [-0.4, -0.2) is 44.6 Å². The summed E-state index contributed by atoms with van der Waals surface area (Å²) < 4.78 is 51.2. The van der Waals surface area contributed by atoms with Gasteiger partial charge in [-0.25, -0.2) is 17.5 Å². The first-order valence-electron chi connectivity index (χ1n) is 11.7. The van der Waals surface area contributed by atoms with Gasteiger partial charge in [0.15, 0.2) is 18.5 Å². The lowest BCUT2D eigenvalue weighted by molar-refractivity contribution is -0.175. The Hall–Kier alpha value is -2.40. The number of nitrogens with one attached hydrogen (secondary N) is 2. The Balaban J connectivity index is 1.14. The van der Waals surface area contributed by atoms with Crippen molar-refractivity contribution in [3.63, 3.8) is 0 Å². The minimum Gasteiger partial charge on any atom is -0.484 e. The SMILES string of the molecule is CS(=O)(=O)N[C@@H]1C[C@@H](C(=O)CC23CC(NC(=O)COc4ccc(Cl)c(F)c4)(C2)C3)Oc2ccc(Cl)cc21. The number of benzene rings is 2. The summed E-state index contributed by atoms with van der Waals surface area (Å²) in [7, 11) is -3.53. The van der Waals surface area contributed by atoms with Gasteiger partial charge >= 0.3 is 0 Å². The lowest BCUT2D eigenvalue weighted by Crippen LogP contribution is -2.75. The van der Waals surface area contributed by atoms with Crippen molar-refractivity contribution in [2.24, 2.45) is 5.41 Å².